The quantitative estimate of drug-likeness (QED) is 0.524. The second-order valence-corrected chi connectivity index (χ2v) is 8.08. The van der Waals surface area contributed by atoms with Crippen LogP contribution in [0.4, 0.5) is 0 Å². The van der Waals surface area contributed by atoms with Crippen molar-refractivity contribution < 1.29 is 9.59 Å². The van der Waals surface area contributed by atoms with E-state index < -0.39 is 6.04 Å². The molecule has 1 N–H and O–H groups in total. The van der Waals surface area contributed by atoms with Crippen LogP contribution in [0.1, 0.15) is 16.7 Å². The predicted molar refractivity (Wildman–Crippen MR) is 125 cm³/mol. The van der Waals surface area contributed by atoms with Crippen molar-refractivity contribution in [1.29, 1.82) is 0 Å². The molecule has 0 aliphatic heterocycles. The van der Waals surface area contributed by atoms with Crippen LogP contribution in [0.25, 0.3) is 0 Å². The van der Waals surface area contributed by atoms with E-state index in [9.17, 15) is 9.59 Å². The molecule has 3 rings (SSSR count). The molecule has 0 bridgehead atoms. The van der Waals surface area contributed by atoms with Gasteiger partial charge in [-0.1, -0.05) is 83.9 Å². The summed E-state index contributed by atoms with van der Waals surface area (Å²) in [5.74, 6) is -0.382. The van der Waals surface area contributed by atoms with E-state index in [0.29, 0.717) is 16.5 Å². The van der Waals surface area contributed by atoms with Gasteiger partial charge in [0.05, 0.1) is 6.42 Å². The largest absolute Gasteiger partial charge is 0.357 e. The predicted octanol–water partition coefficient (Wildman–Crippen LogP) is 4.92. The first kappa shape index (κ1) is 22.9. The number of benzene rings is 3. The lowest BCUT2D eigenvalue weighted by Gasteiger charge is -2.31. The molecule has 0 saturated carbocycles. The number of carbonyl (C=O) groups excluding carboxylic acids is 2. The lowest BCUT2D eigenvalue weighted by Crippen LogP contribution is -2.50. The van der Waals surface area contributed by atoms with Crippen LogP contribution in [0.5, 0.6) is 0 Å². The van der Waals surface area contributed by atoms with Crippen molar-refractivity contribution in [3.63, 3.8) is 0 Å². The fourth-order valence-corrected chi connectivity index (χ4v) is 3.73. The van der Waals surface area contributed by atoms with Crippen LogP contribution in [0.2, 0.25) is 10.0 Å². The second-order valence-electron chi connectivity index (χ2n) is 7.24. The fourth-order valence-electron chi connectivity index (χ4n) is 3.41. The molecule has 6 heteroatoms. The number of amides is 2. The summed E-state index contributed by atoms with van der Waals surface area (Å²) < 4.78 is 0. The number of nitrogens with one attached hydrogen (secondary N) is 1. The molecule has 160 valence electrons. The first-order valence-electron chi connectivity index (χ1n) is 10.0. The van der Waals surface area contributed by atoms with Crippen molar-refractivity contribution in [2.75, 3.05) is 7.05 Å². The van der Waals surface area contributed by atoms with Gasteiger partial charge in [0.15, 0.2) is 0 Å². The van der Waals surface area contributed by atoms with Gasteiger partial charge in [-0.25, -0.2) is 0 Å². The average molecular weight is 455 g/mol. The Kier molecular flexibility index (Phi) is 8.10. The van der Waals surface area contributed by atoms with Crippen molar-refractivity contribution in [1.82, 2.24) is 10.2 Å². The maximum Gasteiger partial charge on any atom is 0.242 e. The Morgan fingerprint density at radius 3 is 2.16 bits per heavy atom. The molecule has 0 radical (unpaired) electrons. The minimum Gasteiger partial charge on any atom is -0.357 e. The fraction of sp³-hybridized carbons (Fsp3) is 0.200. The number of carbonyl (C=O) groups is 2. The lowest BCUT2D eigenvalue weighted by molar-refractivity contribution is -0.140. The molecule has 3 aromatic rings. The molecule has 2 amide bonds. The highest BCUT2D eigenvalue weighted by atomic mass is 35.5. The minimum absolute atomic E-state index is 0.157. The van der Waals surface area contributed by atoms with Gasteiger partial charge < -0.3 is 10.2 Å². The van der Waals surface area contributed by atoms with Gasteiger partial charge in [0.25, 0.3) is 0 Å². The summed E-state index contributed by atoms with van der Waals surface area (Å²) in [5, 5.41) is 3.87. The zero-order valence-electron chi connectivity index (χ0n) is 17.2. The molecule has 0 fully saturated rings. The lowest BCUT2D eigenvalue weighted by atomic mass is 10.0. The second kappa shape index (κ2) is 11.0. The molecule has 0 unspecified atom stereocenters. The van der Waals surface area contributed by atoms with Gasteiger partial charge in [-0.2, -0.15) is 0 Å². The smallest absolute Gasteiger partial charge is 0.242 e. The van der Waals surface area contributed by atoms with Crippen molar-refractivity contribution in [2.45, 2.75) is 25.4 Å². The number of nitrogens with zero attached hydrogens (tertiary/aromatic N) is 1. The summed E-state index contributed by atoms with van der Waals surface area (Å²) in [6.45, 7) is 0.233. The van der Waals surface area contributed by atoms with Gasteiger partial charge in [-0.3, -0.25) is 9.59 Å². The first-order valence-corrected chi connectivity index (χ1v) is 10.8. The van der Waals surface area contributed by atoms with Gasteiger partial charge >= 0.3 is 0 Å². The molecule has 0 aliphatic rings. The molecule has 0 spiro atoms. The summed E-state index contributed by atoms with van der Waals surface area (Å²) in [5.41, 5.74) is 2.59. The topological polar surface area (TPSA) is 49.4 Å². The maximum absolute atomic E-state index is 13.4. The van der Waals surface area contributed by atoms with Crippen LogP contribution in [-0.4, -0.2) is 29.8 Å². The number of halogens is 2. The zero-order chi connectivity index (χ0) is 22.2. The van der Waals surface area contributed by atoms with Gasteiger partial charge in [0.2, 0.25) is 11.8 Å². The van der Waals surface area contributed by atoms with Crippen molar-refractivity contribution in [3.05, 3.63) is 106 Å². The Hall–Kier alpha value is -2.82. The van der Waals surface area contributed by atoms with E-state index in [1.165, 1.54) is 0 Å². The van der Waals surface area contributed by atoms with Crippen LogP contribution in [-0.2, 0) is 29.0 Å². The van der Waals surface area contributed by atoms with E-state index in [0.717, 1.165) is 16.7 Å². The highest BCUT2D eigenvalue weighted by molar-refractivity contribution is 6.31. The SMILES string of the molecule is CNC(=O)[C@H](Cc1ccccc1)N(Cc1ccccc1Cl)C(=O)Cc1ccc(Cl)cc1. The van der Waals surface area contributed by atoms with E-state index in [1.54, 1.807) is 30.1 Å². The minimum atomic E-state index is -0.677. The Bertz CT molecular complexity index is 1020. The summed E-state index contributed by atoms with van der Waals surface area (Å²) in [6.07, 6.45) is 0.557. The number of likely N-dealkylation sites (N-methyl/N-ethyl adjacent to an activating group) is 1. The van der Waals surface area contributed by atoms with Crippen molar-refractivity contribution in [3.8, 4) is 0 Å². The number of hydrogen-bond acceptors (Lipinski definition) is 2. The molecule has 0 aliphatic carbocycles. The van der Waals surface area contributed by atoms with E-state index in [2.05, 4.69) is 5.32 Å². The van der Waals surface area contributed by atoms with Crippen molar-refractivity contribution in [2.24, 2.45) is 0 Å². The summed E-state index contributed by atoms with van der Waals surface area (Å²) in [4.78, 5) is 27.9. The summed E-state index contributed by atoms with van der Waals surface area (Å²) in [7, 11) is 1.58. The standard InChI is InChI=1S/C25H24Cl2N2O2/c1-28-25(31)23(15-18-7-3-2-4-8-18)29(17-20-9-5-6-10-22(20)27)24(30)16-19-11-13-21(26)14-12-19/h2-14,23H,15-17H2,1H3,(H,28,31)/t23-/m0/s1. The molecule has 31 heavy (non-hydrogen) atoms. The zero-order valence-corrected chi connectivity index (χ0v) is 18.7. The van der Waals surface area contributed by atoms with Crippen LogP contribution >= 0.6 is 23.2 Å². The van der Waals surface area contributed by atoms with Gasteiger partial charge in [0, 0.05) is 30.1 Å². The summed E-state index contributed by atoms with van der Waals surface area (Å²) >= 11 is 12.3. The van der Waals surface area contributed by atoms with Crippen LogP contribution < -0.4 is 5.32 Å². The van der Waals surface area contributed by atoms with E-state index in [-0.39, 0.29) is 24.8 Å². The Balaban J connectivity index is 1.94. The number of rotatable bonds is 8. The van der Waals surface area contributed by atoms with Gasteiger partial charge in [-0.05, 0) is 34.9 Å². The average Bonchev–Trinajstić information content (AvgIpc) is 2.79. The highest BCUT2D eigenvalue weighted by Crippen LogP contribution is 2.21. The monoisotopic (exact) mass is 454 g/mol. The Morgan fingerprint density at radius 2 is 1.52 bits per heavy atom. The van der Waals surface area contributed by atoms with Crippen LogP contribution in [0, 0.1) is 0 Å². The molecule has 3 aromatic carbocycles. The number of hydrogen-bond donors (Lipinski definition) is 1. The first-order chi connectivity index (χ1) is 15.0. The third-order valence-electron chi connectivity index (χ3n) is 5.08. The van der Waals surface area contributed by atoms with E-state index in [1.807, 2.05) is 60.7 Å². The molecule has 0 heterocycles. The third kappa shape index (κ3) is 6.33. The van der Waals surface area contributed by atoms with Crippen LogP contribution in [0.15, 0.2) is 78.9 Å². The normalized spacial score (nSPS) is 11.6. The Morgan fingerprint density at radius 1 is 0.871 bits per heavy atom. The molecule has 4 nitrogen and oxygen atoms in total. The molecule has 1 atom stereocenters. The van der Waals surface area contributed by atoms with E-state index in [4.69, 9.17) is 23.2 Å². The molecule has 0 aromatic heterocycles. The Labute approximate surface area is 192 Å². The molecule has 0 saturated heterocycles. The third-order valence-corrected chi connectivity index (χ3v) is 5.71. The highest BCUT2D eigenvalue weighted by Gasteiger charge is 2.30. The van der Waals surface area contributed by atoms with E-state index >= 15 is 0 Å². The van der Waals surface area contributed by atoms with Gasteiger partial charge in [0.1, 0.15) is 6.04 Å². The van der Waals surface area contributed by atoms with Gasteiger partial charge in [-0.15, -0.1) is 0 Å². The molecular weight excluding hydrogens is 431 g/mol. The van der Waals surface area contributed by atoms with Crippen molar-refractivity contribution >= 4 is 35.0 Å². The maximum atomic E-state index is 13.4. The summed E-state index contributed by atoms with van der Waals surface area (Å²) in [6, 6.07) is 23.5. The van der Waals surface area contributed by atoms with Crippen LogP contribution in [0.3, 0.4) is 0 Å². The molecular formula is C25H24Cl2N2O2.